The SMILES string of the molecule is O=CCN(Cc1ccco1)C1CC1. The van der Waals surface area contributed by atoms with Gasteiger partial charge in [0.25, 0.3) is 0 Å². The standard InChI is InChI=1S/C10H13NO2/c12-6-5-11(9-3-4-9)8-10-2-1-7-13-10/h1-2,6-7,9H,3-5,8H2. The Hall–Kier alpha value is -1.09. The van der Waals surface area contributed by atoms with Crippen LogP contribution in [0.2, 0.25) is 0 Å². The molecular formula is C10H13NO2. The molecule has 0 unspecified atom stereocenters. The van der Waals surface area contributed by atoms with Crippen LogP contribution in [0.25, 0.3) is 0 Å². The summed E-state index contributed by atoms with van der Waals surface area (Å²) in [6.45, 7) is 1.28. The molecule has 0 saturated heterocycles. The van der Waals surface area contributed by atoms with E-state index < -0.39 is 0 Å². The second-order valence-corrected chi connectivity index (χ2v) is 3.41. The lowest BCUT2D eigenvalue weighted by atomic mass is 10.4. The van der Waals surface area contributed by atoms with Gasteiger partial charge in [-0.3, -0.25) is 4.90 Å². The van der Waals surface area contributed by atoms with Gasteiger partial charge in [0, 0.05) is 6.04 Å². The molecule has 0 bridgehead atoms. The number of hydrogen-bond acceptors (Lipinski definition) is 3. The van der Waals surface area contributed by atoms with E-state index in [4.69, 9.17) is 4.42 Å². The fourth-order valence-electron chi connectivity index (χ4n) is 1.48. The minimum atomic E-state index is 0.519. The Labute approximate surface area is 77.3 Å². The Morgan fingerprint density at radius 1 is 1.62 bits per heavy atom. The highest BCUT2D eigenvalue weighted by Crippen LogP contribution is 2.27. The second-order valence-electron chi connectivity index (χ2n) is 3.41. The Morgan fingerprint density at radius 3 is 3.00 bits per heavy atom. The Kier molecular flexibility index (Phi) is 2.45. The summed E-state index contributed by atoms with van der Waals surface area (Å²) in [4.78, 5) is 12.6. The molecule has 1 aromatic heterocycles. The minimum absolute atomic E-state index is 0.519. The summed E-state index contributed by atoms with van der Waals surface area (Å²) in [6.07, 6.45) is 5.06. The zero-order valence-corrected chi connectivity index (χ0v) is 7.48. The molecule has 0 spiro atoms. The Morgan fingerprint density at radius 2 is 2.46 bits per heavy atom. The number of rotatable bonds is 5. The molecule has 0 radical (unpaired) electrons. The van der Waals surface area contributed by atoms with Crippen molar-refractivity contribution in [1.82, 2.24) is 4.90 Å². The highest BCUT2D eigenvalue weighted by molar-refractivity contribution is 5.52. The van der Waals surface area contributed by atoms with Gasteiger partial charge in [-0.15, -0.1) is 0 Å². The van der Waals surface area contributed by atoms with Crippen molar-refractivity contribution < 1.29 is 9.21 Å². The van der Waals surface area contributed by atoms with Crippen LogP contribution in [0.5, 0.6) is 0 Å². The van der Waals surface area contributed by atoms with Gasteiger partial charge in [-0.1, -0.05) is 0 Å². The first-order valence-corrected chi connectivity index (χ1v) is 4.60. The molecule has 3 nitrogen and oxygen atoms in total. The highest BCUT2D eigenvalue weighted by atomic mass is 16.3. The monoisotopic (exact) mass is 179 g/mol. The summed E-state index contributed by atoms with van der Waals surface area (Å²) in [6, 6.07) is 4.43. The van der Waals surface area contributed by atoms with Crippen molar-refractivity contribution in [3.05, 3.63) is 24.2 Å². The molecule has 0 atom stereocenters. The zero-order valence-electron chi connectivity index (χ0n) is 7.48. The van der Waals surface area contributed by atoms with E-state index in [0.717, 1.165) is 18.6 Å². The van der Waals surface area contributed by atoms with Crippen molar-refractivity contribution in [2.75, 3.05) is 6.54 Å². The predicted molar refractivity (Wildman–Crippen MR) is 48.2 cm³/mol. The maximum atomic E-state index is 10.4. The van der Waals surface area contributed by atoms with Gasteiger partial charge >= 0.3 is 0 Å². The van der Waals surface area contributed by atoms with Crippen LogP contribution in [0.15, 0.2) is 22.8 Å². The zero-order chi connectivity index (χ0) is 9.10. The van der Waals surface area contributed by atoms with Gasteiger partial charge in [0.05, 0.1) is 19.4 Å². The average Bonchev–Trinajstić information content (AvgIpc) is 2.85. The lowest BCUT2D eigenvalue weighted by Gasteiger charge is -2.16. The van der Waals surface area contributed by atoms with Crippen LogP contribution < -0.4 is 0 Å². The molecule has 1 aliphatic carbocycles. The number of carbonyl (C=O) groups excluding carboxylic acids is 1. The van der Waals surface area contributed by atoms with Crippen LogP contribution in [-0.4, -0.2) is 23.8 Å². The molecule has 13 heavy (non-hydrogen) atoms. The van der Waals surface area contributed by atoms with Gasteiger partial charge in [0.1, 0.15) is 12.0 Å². The topological polar surface area (TPSA) is 33.5 Å². The molecule has 1 aromatic rings. The molecule has 3 heteroatoms. The van der Waals surface area contributed by atoms with Crippen LogP contribution >= 0.6 is 0 Å². The normalized spacial score (nSPS) is 16.4. The van der Waals surface area contributed by atoms with Gasteiger partial charge in [-0.2, -0.15) is 0 Å². The Balaban J connectivity index is 1.92. The van der Waals surface area contributed by atoms with E-state index in [1.165, 1.54) is 12.8 Å². The van der Waals surface area contributed by atoms with E-state index in [0.29, 0.717) is 12.6 Å². The molecule has 1 heterocycles. The van der Waals surface area contributed by atoms with Crippen molar-refractivity contribution in [2.45, 2.75) is 25.4 Å². The van der Waals surface area contributed by atoms with Crippen LogP contribution in [0.4, 0.5) is 0 Å². The maximum Gasteiger partial charge on any atom is 0.134 e. The summed E-state index contributed by atoms with van der Waals surface area (Å²) >= 11 is 0. The highest BCUT2D eigenvalue weighted by Gasteiger charge is 2.28. The summed E-state index contributed by atoms with van der Waals surface area (Å²) in [5.41, 5.74) is 0. The molecule has 1 aliphatic rings. The van der Waals surface area contributed by atoms with Gasteiger partial charge in [0.15, 0.2) is 0 Å². The fourth-order valence-corrected chi connectivity index (χ4v) is 1.48. The smallest absolute Gasteiger partial charge is 0.134 e. The second kappa shape index (κ2) is 3.75. The number of nitrogens with zero attached hydrogens (tertiary/aromatic N) is 1. The van der Waals surface area contributed by atoms with Crippen molar-refractivity contribution >= 4 is 6.29 Å². The molecule has 0 amide bonds. The van der Waals surface area contributed by atoms with E-state index in [-0.39, 0.29) is 0 Å². The first-order chi connectivity index (χ1) is 6.40. The van der Waals surface area contributed by atoms with Crippen LogP contribution in [0.3, 0.4) is 0 Å². The molecule has 0 aromatic carbocycles. The average molecular weight is 179 g/mol. The largest absolute Gasteiger partial charge is 0.468 e. The number of furan rings is 1. The van der Waals surface area contributed by atoms with Crippen LogP contribution in [-0.2, 0) is 11.3 Å². The maximum absolute atomic E-state index is 10.4. The third-order valence-corrected chi connectivity index (χ3v) is 2.31. The molecule has 70 valence electrons. The van der Waals surface area contributed by atoms with E-state index in [2.05, 4.69) is 4.90 Å². The predicted octanol–water partition coefficient (Wildman–Crippen LogP) is 1.44. The third-order valence-electron chi connectivity index (χ3n) is 2.31. The summed E-state index contributed by atoms with van der Waals surface area (Å²) in [5.74, 6) is 0.939. The third kappa shape index (κ3) is 2.18. The molecule has 1 fully saturated rings. The van der Waals surface area contributed by atoms with Crippen molar-refractivity contribution in [2.24, 2.45) is 0 Å². The quantitative estimate of drug-likeness (QED) is 0.641. The first-order valence-electron chi connectivity index (χ1n) is 4.60. The van der Waals surface area contributed by atoms with Gasteiger partial charge in [0.2, 0.25) is 0 Å². The summed E-state index contributed by atoms with van der Waals surface area (Å²) in [7, 11) is 0. The number of aldehydes is 1. The lowest BCUT2D eigenvalue weighted by Crippen LogP contribution is -2.27. The molecule has 2 rings (SSSR count). The van der Waals surface area contributed by atoms with Gasteiger partial charge < -0.3 is 9.21 Å². The van der Waals surface area contributed by atoms with E-state index >= 15 is 0 Å². The van der Waals surface area contributed by atoms with Crippen LogP contribution in [0, 0.1) is 0 Å². The molecular weight excluding hydrogens is 166 g/mol. The molecule has 1 saturated carbocycles. The molecule has 0 N–H and O–H groups in total. The van der Waals surface area contributed by atoms with Gasteiger partial charge in [-0.05, 0) is 25.0 Å². The minimum Gasteiger partial charge on any atom is -0.468 e. The number of carbonyl (C=O) groups is 1. The number of hydrogen-bond donors (Lipinski definition) is 0. The van der Waals surface area contributed by atoms with Crippen LogP contribution in [0.1, 0.15) is 18.6 Å². The first kappa shape index (κ1) is 8.51. The summed E-state index contributed by atoms with van der Waals surface area (Å²) < 4.78 is 5.23. The van der Waals surface area contributed by atoms with E-state index in [1.54, 1.807) is 6.26 Å². The lowest BCUT2D eigenvalue weighted by molar-refractivity contribution is -0.109. The van der Waals surface area contributed by atoms with Crippen molar-refractivity contribution in [3.8, 4) is 0 Å². The van der Waals surface area contributed by atoms with Crippen molar-refractivity contribution in [3.63, 3.8) is 0 Å². The van der Waals surface area contributed by atoms with Gasteiger partial charge in [-0.25, -0.2) is 0 Å². The summed E-state index contributed by atoms with van der Waals surface area (Å²) in [5, 5.41) is 0. The Bertz CT molecular complexity index is 264. The van der Waals surface area contributed by atoms with E-state index in [1.807, 2.05) is 12.1 Å². The molecule has 0 aliphatic heterocycles. The fraction of sp³-hybridized carbons (Fsp3) is 0.500. The van der Waals surface area contributed by atoms with E-state index in [9.17, 15) is 4.79 Å². The van der Waals surface area contributed by atoms with Crippen molar-refractivity contribution in [1.29, 1.82) is 0 Å².